The topological polar surface area (TPSA) is 68.9 Å². The van der Waals surface area contributed by atoms with Gasteiger partial charge in [0.1, 0.15) is 6.54 Å². The lowest BCUT2D eigenvalue weighted by Gasteiger charge is -2.34. The fourth-order valence-corrected chi connectivity index (χ4v) is 5.04. The number of aromatic nitrogens is 3. The molecule has 1 saturated carbocycles. The Balaban J connectivity index is 1.58. The Hall–Kier alpha value is -2.89. The minimum atomic E-state index is -0.203. The Morgan fingerprint density at radius 1 is 1.09 bits per heavy atom. The number of amides is 1. The van der Waals surface area contributed by atoms with E-state index in [0.717, 1.165) is 29.6 Å². The summed E-state index contributed by atoms with van der Waals surface area (Å²) in [5, 5.41) is 8.99. The molecular formula is C26H34N4O2. The summed E-state index contributed by atoms with van der Waals surface area (Å²) in [5.74, 6) is 0.907. The van der Waals surface area contributed by atoms with Crippen molar-refractivity contribution in [1.82, 2.24) is 19.7 Å². The van der Waals surface area contributed by atoms with E-state index in [9.17, 15) is 9.59 Å². The molecule has 0 saturated heterocycles. The summed E-state index contributed by atoms with van der Waals surface area (Å²) in [6, 6.07) is 8.61. The minimum absolute atomic E-state index is 0.0476. The standard InChI is InChI=1S/C26H34N4O2/c1-16-9-11-21(12-10-16)14-29-19(4)22-13-27-30(26(32)25(22)20(29)5)15-24(31)28-23-8-6-7-17(2)18(23)3/h9-13,17-18,23H,6-8,14-15H2,1-5H3,(H,28,31)/t17-,18-,23-/m1/s1. The van der Waals surface area contributed by atoms with E-state index in [1.54, 1.807) is 6.20 Å². The van der Waals surface area contributed by atoms with Crippen LogP contribution in [0.5, 0.6) is 0 Å². The van der Waals surface area contributed by atoms with Crippen molar-refractivity contribution in [2.45, 2.75) is 73.0 Å². The highest BCUT2D eigenvalue weighted by atomic mass is 16.2. The maximum Gasteiger partial charge on any atom is 0.276 e. The van der Waals surface area contributed by atoms with Crippen LogP contribution < -0.4 is 10.9 Å². The molecule has 0 spiro atoms. The Labute approximate surface area is 189 Å². The van der Waals surface area contributed by atoms with Crippen LogP contribution in [0.25, 0.3) is 10.8 Å². The third kappa shape index (κ3) is 4.23. The van der Waals surface area contributed by atoms with Gasteiger partial charge in [-0.25, -0.2) is 4.68 Å². The van der Waals surface area contributed by atoms with Gasteiger partial charge >= 0.3 is 0 Å². The van der Waals surface area contributed by atoms with E-state index >= 15 is 0 Å². The molecule has 2 heterocycles. The van der Waals surface area contributed by atoms with Gasteiger partial charge in [-0.2, -0.15) is 5.10 Å². The van der Waals surface area contributed by atoms with Crippen molar-refractivity contribution in [3.05, 3.63) is 63.3 Å². The van der Waals surface area contributed by atoms with Crippen LogP contribution in [-0.4, -0.2) is 26.3 Å². The lowest BCUT2D eigenvalue weighted by atomic mass is 9.78. The van der Waals surface area contributed by atoms with Crippen molar-refractivity contribution in [2.75, 3.05) is 0 Å². The molecule has 3 aromatic rings. The zero-order valence-electron chi connectivity index (χ0n) is 19.8. The lowest BCUT2D eigenvalue weighted by Crippen LogP contribution is -2.45. The summed E-state index contributed by atoms with van der Waals surface area (Å²) in [6.07, 6.45) is 5.07. The fraction of sp³-hybridized carbons (Fsp3) is 0.500. The quantitative estimate of drug-likeness (QED) is 0.657. The predicted molar refractivity (Wildman–Crippen MR) is 128 cm³/mol. The summed E-state index contributed by atoms with van der Waals surface area (Å²) in [7, 11) is 0. The molecule has 4 rings (SSSR count). The number of rotatable bonds is 5. The molecule has 2 aromatic heterocycles. The Bertz CT molecular complexity index is 1190. The number of carbonyl (C=O) groups excluding carboxylic acids is 1. The summed E-state index contributed by atoms with van der Waals surface area (Å²) < 4.78 is 3.46. The first-order valence-electron chi connectivity index (χ1n) is 11.7. The second-order valence-electron chi connectivity index (χ2n) is 9.58. The number of benzene rings is 1. The summed E-state index contributed by atoms with van der Waals surface area (Å²) in [6.45, 7) is 11.2. The Morgan fingerprint density at radius 2 is 1.81 bits per heavy atom. The van der Waals surface area contributed by atoms with E-state index < -0.39 is 0 Å². The van der Waals surface area contributed by atoms with Crippen LogP contribution >= 0.6 is 0 Å². The zero-order valence-corrected chi connectivity index (χ0v) is 19.8. The maximum absolute atomic E-state index is 13.3. The molecule has 0 unspecified atom stereocenters. The van der Waals surface area contributed by atoms with Crippen LogP contribution in [-0.2, 0) is 17.9 Å². The van der Waals surface area contributed by atoms with E-state index in [-0.39, 0.29) is 24.1 Å². The number of hydrogen-bond acceptors (Lipinski definition) is 3. The van der Waals surface area contributed by atoms with E-state index in [2.05, 4.69) is 60.0 Å². The molecule has 1 aliphatic carbocycles. The number of fused-ring (bicyclic) bond motifs is 1. The van der Waals surface area contributed by atoms with Crippen LogP contribution in [0.3, 0.4) is 0 Å². The molecule has 1 fully saturated rings. The third-order valence-electron chi connectivity index (χ3n) is 7.41. The molecule has 32 heavy (non-hydrogen) atoms. The molecule has 170 valence electrons. The molecule has 1 aliphatic rings. The summed E-state index contributed by atoms with van der Waals surface area (Å²) >= 11 is 0. The average molecular weight is 435 g/mol. The average Bonchev–Trinajstić information content (AvgIpc) is 3.00. The van der Waals surface area contributed by atoms with Gasteiger partial charge in [0.25, 0.3) is 5.56 Å². The first-order valence-corrected chi connectivity index (χ1v) is 11.7. The van der Waals surface area contributed by atoms with Gasteiger partial charge < -0.3 is 9.88 Å². The van der Waals surface area contributed by atoms with Crippen molar-refractivity contribution in [1.29, 1.82) is 0 Å². The first kappa shape index (κ1) is 22.3. The van der Waals surface area contributed by atoms with Crippen molar-refractivity contribution in [3.63, 3.8) is 0 Å². The van der Waals surface area contributed by atoms with Gasteiger partial charge in [-0.05, 0) is 44.6 Å². The van der Waals surface area contributed by atoms with Gasteiger partial charge in [0.15, 0.2) is 0 Å². The van der Waals surface area contributed by atoms with Crippen LogP contribution in [0.2, 0.25) is 0 Å². The van der Waals surface area contributed by atoms with Gasteiger partial charge in [0, 0.05) is 29.4 Å². The Kier molecular flexibility index (Phi) is 6.22. The third-order valence-corrected chi connectivity index (χ3v) is 7.41. The van der Waals surface area contributed by atoms with Crippen molar-refractivity contribution in [2.24, 2.45) is 11.8 Å². The van der Waals surface area contributed by atoms with E-state index in [1.807, 2.05) is 13.8 Å². The second kappa shape index (κ2) is 8.93. The van der Waals surface area contributed by atoms with Crippen LogP contribution in [0.4, 0.5) is 0 Å². The van der Waals surface area contributed by atoms with Crippen molar-refractivity contribution >= 4 is 16.7 Å². The fourth-order valence-electron chi connectivity index (χ4n) is 5.04. The highest BCUT2D eigenvalue weighted by Crippen LogP contribution is 2.29. The molecule has 3 atom stereocenters. The van der Waals surface area contributed by atoms with E-state index in [1.165, 1.54) is 22.2 Å². The van der Waals surface area contributed by atoms with Crippen LogP contribution in [0, 0.1) is 32.6 Å². The molecule has 0 bridgehead atoms. The maximum atomic E-state index is 13.3. The van der Waals surface area contributed by atoms with Gasteiger partial charge in [0.2, 0.25) is 5.91 Å². The zero-order chi connectivity index (χ0) is 23.0. The first-order chi connectivity index (χ1) is 15.3. The van der Waals surface area contributed by atoms with Gasteiger partial charge in [0.05, 0.1) is 11.6 Å². The van der Waals surface area contributed by atoms with Crippen LogP contribution in [0.1, 0.15) is 55.6 Å². The molecule has 0 radical (unpaired) electrons. The van der Waals surface area contributed by atoms with Gasteiger partial charge in [-0.1, -0.05) is 56.5 Å². The number of carbonyl (C=O) groups is 1. The smallest absolute Gasteiger partial charge is 0.276 e. The monoisotopic (exact) mass is 434 g/mol. The molecule has 1 aromatic carbocycles. The summed E-state index contributed by atoms with van der Waals surface area (Å²) in [4.78, 5) is 26.0. The molecular weight excluding hydrogens is 400 g/mol. The van der Waals surface area contributed by atoms with Crippen molar-refractivity contribution < 1.29 is 4.79 Å². The van der Waals surface area contributed by atoms with Crippen molar-refractivity contribution in [3.8, 4) is 0 Å². The molecule has 1 amide bonds. The summed E-state index contributed by atoms with van der Waals surface area (Å²) in [5.41, 5.74) is 4.14. The van der Waals surface area contributed by atoms with Gasteiger partial charge in [-0.3, -0.25) is 9.59 Å². The highest BCUT2D eigenvalue weighted by molar-refractivity contribution is 5.87. The normalized spacial score (nSPS) is 21.1. The van der Waals surface area contributed by atoms with E-state index in [4.69, 9.17) is 0 Å². The van der Waals surface area contributed by atoms with E-state index in [0.29, 0.717) is 23.8 Å². The number of nitrogens with one attached hydrogen (secondary N) is 1. The van der Waals surface area contributed by atoms with Crippen LogP contribution in [0.15, 0.2) is 35.3 Å². The second-order valence-corrected chi connectivity index (χ2v) is 9.58. The molecule has 6 nitrogen and oxygen atoms in total. The highest BCUT2D eigenvalue weighted by Gasteiger charge is 2.28. The molecule has 6 heteroatoms. The minimum Gasteiger partial charge on any atom is -0.351 e. The number of nitrogens with zero attached hydrogens (tertiary/aromatic N) is 3. The SMILES string of the molecule is Cc1ccc(Cn2c(C)c3cnn(CC(=O)N[C@@H]4CCC[C@@H](C)[C@H]4C)c(=O)c3c2C)cc1. The molecule has 0 aliphatic heterocycles. The van der Waals surface area contributed by atoms with Gasteiger partial charge in [-0.15, -0.1) is 0 Å². The lowest BCUT2D eigenvalue weighted by molar-refractivity contribution is -0.123. The largest absolute Gasteiger partial charge is 0.351 e. The number of aryl methyl sites for hydroxylation is 3. The molecule has 1 N–H and O–H groups in total. The predicted octanol–water partition coefficient (Wildman–Crippen LogP) is 4.11. The number of hydrogen-bond donors (Lipinski definition) is 1. The Morgan fingerprint density at radius 3 is 2.53 bits per heavy atom.